The van der Waals surface area contributed by atoms with Crippen LogP contribution in [-0.4, -0.2) is 17.8 Å². The molecule has 3 aromatic rings. The van der Waals surface area contributed by atoms with E-state index in [1.54, 1.807) is 24.3 Å². The SMILES string of the molecule is Cc1cc(C)cc(NC(=O)c2cccc(NC(=O)c3ccccc3C(=O)[O-])c2)c1. The smallest absolute Gasteiger partial charge is 0.256 e. The average Bonchev–Trinajstić information content (AvgIpc) is 2.67. The number of aryl methyl sites for hydroxylation is 2. The second-order valence-corrected chi connectivity index (χ2v) is 6.70. The molecule has 146 valence electrons. The van der Waals surface area contributed by atoms with Crippen LogP contribution in [0.2, 0.25) is 0 Å². The number of carboxylic acids is 1. The number of carboxylic acid groups (broad SMARTS) is 1. The van der Waals surface area contributed by atoms with E-state index < -0.39 is 11.9 Å². The standard InChI is InChI=1S/C23H20N2O4/c1-14-10-15(2)12-18(11-14)25-21(26)16-6-5-7-17(13-16)24-22(27)19-8-3-4-9-20(19)23(28)29/h3-13H,1-2H3,(H,24,27)(H,25,26)(H,28,29)/p-1. The second kappa shape index (κ2) is 8.39. The van der Waals surface area contributed by atoms with Crippen LogP contribution in [0.3, 0.4) is 0 Å². The highest BCUT2D eigenvalue weighted by atomic mass is 16.4. The molecule has 6 nitrogen and oxygen atoms in total. The Morgan fingerprint density at radius 2 is 1.31 bits per heavy atom. The number of hydrogen-bond acceptors (Lipinski definition) is 4. The molecule has 0 aromatic heterocycles. The van der Waals surface area contributed by atoms with E-state index in [1.165, 1.54) is 24.3 Å². The topological polar surface area (TPSA) is 98.3 Å². The van der Waals surface area contributed by atoms with Gasteiger partial charge in [-0.15, -0.1) is 0 Å². The van der Waals surface area contributed by atoms with Gasteiger partial charge in [0.05, 0.1) is 5.97 Å². The first-order valence-electron chi connectivity index (χ1n) is 8.95. The molecule has 0 aliphatic carbocycles. The van der Waals surface area contributed by atoms with Crippen LogP contribution in [0.15, 0.2) is 66.7 Å². The lowest BCUT2D eigenvalue weighted by molar-refractivity contribution is -0.255. The fraction of sp³-hybridized carbons (Fsp3) is 0.0870. The number of benzene rings is 3. The number of anilines is 2. The van der Waals surface area contributed by atoms with E-state index in [0.717, 1.165) is 11.1 Å². The molecule has 0 radical (unpaired) electrons. The maximum Gasteiger partial charge on any atom is 0.256 e. The van der Waals surface area contributed by atoms with Crippen LogP contribution in [-0.2, 0) is 0 Å². The zero-order valence-electron chi connectivity index (χ0n) is 16.0. The fourth-order valence-electron chi connectivity index (χ4n) is 3.05. The molecule has 0 heterocycles. The molecule has 2 amide bonds. The molecule has 0 aliphatic heterocycles. The number of hydrogen-bond donors (Lipinski definition) is 2. The van der Waals surface area contributed by atoms with Crippen LogP contribution in [0.1, 0.15) is 42.2 Å². The third-order valence-electron chi connectivity index (χ3n) is 4.25. The molecule has 0 spiro atoms. The summed E-state index contributed by atoms with van der Waals surface area (Å²) >= 11 is 0. The van der Waals surface area contributed by atoms with Gasteiger partial charge in [0.1, 0.15) is 0 Å². The van der Waals surface area contributed by atoms with Crippen LogP contribution >= 0.6 is 0 Å². The zero-order chi connectivity index (χ0) is 21.0. The lowest BCUT2D eigenvalue weighted by Gasteiger charge is -2.12. The Morgan fingerprint density at radius 1 is 0.690 bits per heavy atom. The molecule has 0 atom stereocenters. The third kappa shape index (κ3) is 4.87. The van der Waals surface area contributed by atoms with Crippen molar-refractivity contribution in [3.8, 4) is 0 Å². The molecular weight excluding hydrogens is 368 g/mol. The summed E-state index contributed by atoms with van der Waals surface area (Å²) in [7, 11) is 0. The molecule has 6 heteroatoms. The Kier molecular flexibility index (Phi) is 5.74. The van der Waals surface area contributed by atoms with Gasteiger partial charge >= 0.3 is 0 Å². The lowest BCUT2D eigenvalue weighted by Crippen LogP contribution is -2.26. The largest absolute Gasteiger partial charge is 0.545 e. The van der Waals surface area contributed by atoms with Gasteiger partial charge in [0, 0.05) is 28.1 Å². The Hall–Kier alpha value is -3.93. The van der Waals surface area contributed by atoms with Crippen molar-refractivity contribution in [2.24, 2.45) is 0 Å². The van der Waals surface area contributed by atoms with Gasteiger partial charge in [-0.1, -0.05) is 30.3 Å². The minimum absolute atomic E-state index is 0.0161. The molecule has 29 heavy (non-hydrogen) atoms. The summed E-state index contributed by atoms with van der Waals surface area (Å²) in [5, 5.41) is 16.7. The summed E-state index contributed by atoms with van der Waals surface area (Å²) < 4.78 is 0. The minimum Gasteiger partial charge on any atom is -0.545 e. The van der Waals surface area contributed by atoms with Crippen molar-refractivity contribution in [2.45, 2.75) is 13.8 Å². The van der Waals surface area contributed by atoms with Crippen molar-refractivity contribution in [3.05, 3.63) is 94.5 Å². The van der Waals surface area contributed by atoms with Crippen molar-refractivity contribution in [3.63, 3.8) is 0 Å². The molecule has 0 aliphatic rings. The van der Waals surface area contributed by atoms with Crippen molar-refractivity contribution in [2.75, 3.05) is 10.6 Å². The van der Waals surface area contributed by atoms with Gasteiger partial charge in [0.15, 0.2) is 0 Å². The Labute approximate surface area is 168 Å². The average molecular weight is 387 g/mol. The summed E-state index contributed by atoms with van der Waals surface area (Å²) in [6, 6.07) is 17.9. The van der Waals surface area contributed by atoms with E-state index in [-0.39, 0.29) is 17.0 Å². The lowest BCUT2D eigenvalue weighted by atomic mass is 10.1. The Morgan fingerprint density at radius 3 is 1.97 bits per heavy atom. The number of aromatic carboxylic acids is 1. The van der Waals surface area contributed by atoms with Crippen LogP contribution in [0.5, 0.6) is 0 Å². The predicted molar refractivity (Wildman–Crippen MR) is 109 cm³/mol. The summed E-state index contributed by atoms with van der Waals surface area (Å²) in [5.74, 6) is -2.35. The van der Waals surface area contributed by atoms with Gasteiger partial charge in [-0.25, -0.2) is 0 Å². The number of carbonyl (C=O) groups excluding carboxylic acids is 3. The molecule has 0 unspecified atom stereocenters. The summed E-state index contributed by atoms with van der Waals surface area (Å²) in [6.45, 7) is 3.90. The first-order chi connectivity index (χ1) is 13.8. The number of amides is 2. The third-order valence-corrected chi connectivity index (χ3v) is 4.25. The first-order valence-corrected chi connectivity index (χ1v) is 8.95. The minimum atomic E-state index is -1.43. The van der Waals surface area contributed by atoms with E-state index >= 15 is 0 Å². The van der Waals surface area contributed by atoms with Crippen LogP contribution < -0.4 is 15.7 Å². The van der Waals surface area contributed by atoms with E-state index in [1.807, 2.05) is 32.0 Å². The number of carbonyl (C=O) groups is 3. The van der Waals surface area contributed by atoms with Crippen LogP contribution in [0.25, 0.3) is 0 Å². The summed E-state index contributed by atoms with van der Waals surface area (Å²) in [4.78, 5) is 36.3. The summed E-state index contributed by atoms with van der Waals surface area (Å²) in [5.41, 5.74) is 3.27. The number of rotatable bonds is 5. The highest BCUT2D eigenvalue weighted by Gasteiger charge is 2.13. The van der Waals surface area contributed by atoms with Gasteiger partial charge in [0.25, 0.3) is 11.8 Å². The van der Waals surface area contributed by atoms with Crippen LogP contribution in [0.4, 0.5) is 11.4 Å². The van der Waals surface area contributed by atoms with Gasteiger partial charge < -0.3 is 20.5 Å². The van der Waals surface area contributed by atoms with E-state index in [0.29, 0.717) is 16.9 Å². The van der Waals surface area contributed by atoms with Crippen molar-refractivity contribution in [1.29, 1.82) is 0 Å². The predicted octanol–water partition coefficient (Wildman–Crippen LogP) is 3.17. The Bertz CT molecular complexity index is 1090. The molecule has 2 N–H and O–H groups in total. The molecule has 3 rings (SSSR count). The first kappa shape index (κ1) is 19.8. The van der Waals surface area contributed by atoms with E-state index in [4.69, 9.17) is 0 Å². The molecule has 0 fully saturated rings. The van der Waals surface area contributed by atoms with Crippen molar-refractivity contribution < 1.29 is 19.5 Å². The van der Waals surface area contributed by atoms with Gasteiger partial charge in [-0.05, 0) is 61.4 Å². The molecular formula is C23H19N2O4-. The quantitative estimate of drug-likeness (QED) is 0.702. The second-order valence-electron chi connectivity index (χ2n) is 6.70. The van der Waals surface area contributed by atoms with Crippen molar-refractivity contribution in [1.82, 2.24) is 0 Å². The highest BCUT2D eigenvalue weighted by Crippen LogP contribution is 2.18. The summed E-state index contributed by atoms with van der Waals surface area (Å²) in [6.07, 6.45) is 0. The maximum atomic E-state index is 12.6. The molecule has 0 saturated heterocycles. The number of nitrogens with one attached hydrogen (secondary N) is 2. The zero-order valence-corrected chi connectivity index (χ0v) is 16.0. The highest BCUT2D eigenvalue weighted by molar-refractivity contribution is 6.11. The van der Waals surface area contributed by atoms with Gasteiger partial charge in [-0.2, -0.15) is 0 Å². The normalized spacial score (nSPS) is 10.3. The van der Waals surface area contributed by atoms with E-state index in [2.05, 4.69) is 10.6 Å². The molecule has 3 aromatic carbocycles. The monoisotopic (exact) mass is 387 g/mol. The Balaban J connectivity index is 1.78. The van der Waals surface area contributed by atoms with Crippen LogP contribution in [0, 0.1) is 13.8 Å². The molecule has 0 saturated carbocycles. The fourth-order valence-corrected chi connectivity index (χ4v) is 3.05. The maximum absolute atomic E-state index is 12.6. The molecule has 0 bridgehead atoms. The van der Waals surface area contributed by atoms with Gasteiger partial charge in [0.2, 0.25) is 0 Å². The van der Waals surface area contributed by atoms with Gasteiger partial charge in [-0.3, -0.25) is 9.59 Å². The van der Waals surface area contributed by atoms with E-state index in [9.17, 15) is 19.5 Å². The van der Waals surface area contributed by atoms with Crippen molar-refractivity contribution >= 4 is 29.2 Å².